The lowest BCUT2D eigenvalue weighted by atomic mass is 10.1. The predicted molar refractivity (Wildman–Crippen MR) is 47.3 cm³/mol. The molecule has 0 bridgehead atoms. The largest absolute Gasteiger partial charge is 0.491 e. The van der Waals surface area contributed by atoms with Crippen LogP contribution in [0.3, 0.4) is 0 Å². The zero-order chi connectivity index (χ0) is 6.97. The van der Waals surface area contributed by atoms with E-state index in [9.17, 15) is 0 Å². The molecular formula is C8H10ClNO. The second-order valence-corrected chi connectivity index (χ2v) is 2.43. The molecule has 1 heterocycles. The van der Waals surface area contributed by atoms with Crippen LogP contribution in [-0.4, -0.2) is 6.61 Å². The minimum Gasteiger partial charge on any atom is -0.491 e. The normalized spacial score (nSPS) is 13.1. The number of hydrogen-bond acceptors (Lipinski definition) is 2. The van der Waals surface area contributed by atoms with Crippen molar-refractivity contribution in [1.29, 1.82) is 0 Å². The summed E-state index contributed by atoms with van der Waals surface area (Å²) in [5.41, 5.74) is 7.64. The highest BCUT2D eigenvalue weighted by molar-refractivity contribution is 5.85. The van der Waals surface area contributed by atoms with Crippen molar-refractivity contribution in [2.45, 2.75) is 6.42 Å². The Bertz CT molecular complexity index is 262. The van der Waals surface area contributed by atoms with E-state index < -0.39 is 0 Å². The Morgan fingerprint density at radius 3 is 2.91 bits per heavy atom. The lowest BCUT2D eigenvalue weighted by Crippen LogP contribution is -1.90. The van der Waals surface area contributed by atoms with E-state index in [0.29, 0.717) is 0 Å². The summed E-state index contributed by atoms with van der Waals surface area (Å²) in [5.74, 6) is 0.891. The number of nitrogen functional groups attached to an aromatic ring is 1. The second kappa shape index (κ2) is 3.01. The molecule has 11 heavy (non-hydrogen) atoms. The zero-order valence-electron chi connectivity index (χ0n) is 6.04. The molecule has 2 nitrogen and oxygen atoms in total. The number of benzene rings is 1. The van der Waals surface area contributed by atoms with Crippen LogP contribution in [0.5, 0.6) is 5.75 Å². The van der Waals surface area contributed by atoms with Crippen molar-refractivity contribution in [2.75, 3.05) is 12.3 Å². The molecular weight excluding hydrogens is 162 g/mol. The topological polar surface area (TPSA) is 35.2 Å². The molecule has 1 aliphatic rings. The molecule has 2 N–H and O–H groups in total. The summed E-state index contributed by atoms with van der Waals surface area (Å²) in [6, 6.07) is 5.88. The summed E-state index contributed by atoms with van der Waals surface area (Å²) >= 11 is 0. The first-order valence-electron chi connectivity index (χ1n) is 3.38. The van der Waals surface area contributed by atoms with Gasteiger partial charge in [0.15, 0.2) is 0 Å². The molecule has 0 saturated carbocycles. The highest BCUT2D eigenvalue weighted by Crippen LogP contribution is 2.30. The molecule has 0 amide bonds. The van der Waals surface area contributed by atoms with E-state index in [1.54, 1.807) is 0 Å². The minimum absolute atomic E-state index is 0. The molecule has 1 aliphatic heterocycles. The first-order valence-corrected chi connectivity index (χ1v) is 3.38. The fourth-order valence-corrected chi connectivity index (χ4v) is 1.24. The predicted octanol–water partition coefficient (Wildman–Crippen LogP) is 1.63. The average molecular weight is 172 g/mol. The van der Waals surface area contributed by atoms with Crippen LogP contribution in [-0.2, 0) is 6.42 Å². The van der Waals surface area contributed by atoms with Gasteiger partial charge in [0.25, 0.3) is 0 Å². The third kappa shape index (κ3) is 1.26. The highest BCUT2D eigenvalue weighted by Gasteiger charge is 2.12. The van der Waals surface area contributed by atoms with Crippen LogP contribution >= 0.6 is 12.4 Å². The molecule has 0 spiro atoms. The first-order chi connectivity index (χ1) is 4.88. The molecule has 1 aromatic rings. The van der Waals surface area contributed by atoms with Crippen molar-refractivity contribution < 1.29 is 4.74 Å². The number of fused-ring (bicyclic) bond motifs is 1. The van der Waals surface area contributed by atoms with Gasteiger partial charge in [0.05, 0.1) is 12.3 Å². The van der Waals surface area contributed by atoms with Crippen molar-refractivity contribution in [2.24, 2.45) is 0 Å². The summed E-state index contributed by atoms with van der Waals surface area (Å²) in [5, 5.41) is 0. The Labute approximate surface area is 71.8 Å². The van der Waals surface area contributed by atoms with Crippen LogP contribution < -0.4 is 10.5 Å². The summed E-state index contributed by atoms with van der Waals surface area (Å²) in [4.78, 5) is 0. The Kier molecular flexibility index (Phi) is 2.25. The number of halogens is 1. The maximum Gasteiger partial charge on any atom is 0.145 e. The third-order valence-corrected chi connectivity index (χ3v) is 1.74. The number of nitrogens with two attached hydrogens (primary N) is 1. The van der Waals surface area contributed by atoms with Gasteiger partial charge in [-0.3, -0.25) is 0 Å². The minimum atomic E-state index is 0. The monoisotopic (exact) mass is 171 g/mol. The molecule has 3 heteroatoms. The highest BCUT2D eigenvalue weighted by atomic mass is 35.5. The van der Waals surface area contributed by atoms with Gasteiger partial charge in [-0.1, -0.05) is 12.1 Å². The van der Waals surface area contributed by atoms with Crippen molar-refractivity contribution >= 4 is 18.1 Å². The molecule has 0 atom stereocenters. The fraction of sp³-hybridized carbons (Fsp3) is 0.250. The van der Waals surface area contributed by atoms with Crippen molar-refractivity contribution in [3.8, 4) is 5.75 Å². The molecule has 60 valence electrons. The molecule has 0 aromatic heterocycles. The van der Waals surface area contributed by atoms with Gasteiger partial charge in [-0.05, 0) is 11.6 Å². The molecule has 2 rings (SSSR count). The SMILES string of the molecule is Cl.Nc1cccc2c1OCC2. The van der Waals surface area contributed by atoms with Crippen LogP contribution in [0.2, 0.25) is 0 Å². The number of para-hydroxylation sites is 1. The van der Waals surface area contributed by atoms with Crippen LogP contribution in [0, 0.1) is 0 Å². The Morgan fingerprint density at radius 1 is 1.36 bits per heavy atom. The van der Waals surface area contributed by atoms with Crippen LogP contribution in [0.25, 0.3) is 0 Å². The van der Waals surface area contributed by atoms with E-state index in [2.05, 4.69) is 6.07 Å². The van der Waals surface area contributed by atoms with Gasteiger partial charge in [0.1, 0.15) is 5.75 Å². The molecule has 0 radical (unpaired) electrons. The van der Waals surface area contributed by atoms with E-state index in [-0.39, 0.29) is 12.4 Å². The zero-order valence-corrected chi connectivity index (χ0v) is 6.86. The number of ether oxygens (including phenoxy) is 1. The van der Waals surface area contributed by atoms with E-state index in [0.717, 1.165) is 24.5 Å². The van der Waals surface area contributed by atoms with Gasteiger partial charge >= 0.3 is 0 Å². The lowest BCUT2D eigenvalue weighted by Gasteiger charge is -2.00. The van der Waals surface area contributed by atoms with Crippen molar-refractivity contribution in [3.05, 3.63) is 23.8 Å². The van der Waals surface area contributed by atoms with Gasteiger partial charge in [-0.25, -0.2) is 0 Å². The van der Waals surface area contributed by atoms with Crippen molar-refractivity contribution in [1.82, 2.24) is 0 Å². The molecule has 0 aliphatic carbocycles. The van der Waals surface area contributed by atoms with E-state index in [1.165, 1.54) is 5.56 Å². The molecule has 0 unspecified atom stereocenters. The lowest BCUT2D eigenvalue weighted by molar-refractivity contribution is 0.358. The fourth-order valence-electron chi connectivity index (χ4n) is 1.24. The maximum atomic E-state index is 5.65. The van der Waals surface area contributed by atoms with E-state index >= 15 is 0 Å². The summed E-state index contributed by atoms with van der Waals surface area (Å²) in [7, 11) is 0. The van der Waals surface area contributed by atoms with Gasteiger partial charge in [-0.15, -0.1) is 12.4 Å². The molecule has 0 saturated heterocycles. The van der Waals surface area contributed by atoms with Gasteiger partial charge in [0.2, 0.25) is 0 Å². The standard InChI is InChI=1S/C8H9NO.ClH/c9-7-3-1-2-6-4-5-10-8(6)7;/h1-3H,4-5,9H2;1H. The molecule has 0 fully saturated rings. The van der Waals surface area contributed by atoms with E-state index in [4.69, 9.17) is 10.5 Å². The van der Waals surface area contributed by atoms with Crippen molar-refractivity contribution in [3.63, 3.8) is 0 Å². The van der Waals surface area contributed by atoms with Crippen LogP contribution in [0.1, 0.15) is 5.56 Å². The summed E-state index contributed by atoms with van der Waals surface area (Å²) in [6.07, 6.45) is 1.00. The summed E-state index contributed by atoms with van der Waals surface area (Å²) in [6.45, 7) is 0.781. The van der Waals surface area contributed by atoms with Gasteiger partial charge < -0.3 is 10.5 Å². The Morgan fingerprint density at radius 2 is 2.18 bits per heavy atom. The Balaban J connectivity index is 0.000000605. The number of hydrogen-bond donors (Lipinski definition) is 1. The second-order valence-electron chi connectivity index (χ2n) is 2.43. The van der Waals surface area contributed by atoms with Gasteiger partial charge in [-0.2, -0.15) is 0 Å². The number of rotatable bonds is 0. The van der Waals surface area contributed by atoms with Gasteiger partial charge in [0, 0.05) is 6.42 Å². The molecule has 1 aromatic carbocycles. The van der Waals surface area contributed by atoms with E-state index in [1.807, 2.05) is 12.1 Å². The smallest absolute Gasteiger partial charge is 0.145 e. The first kappa shape index (κ1) is 8.21. The maximum absolute atomic E-state index is 5.65. The van der Waals surface area contributed by atoms with Crippen LogP contribution in [0.4, 0.5) is 5.69 Å². The quantitative estimate of drug-likeness (QED) is 0.603. The average Bonchev–Trinajstić information content (AvgIpc) is 2.36. The Hall–Kier alpha value is -0.890. The van der Waals surface area contributed by atoms with Crippen LogP contribution in [0.15, 0.2) is 18.2 Å². The summed E-state index contributed by atoms with van der Waals surface area (Å²) < 4.78 is 5.30. The number of anilines is 1. The third-order valence-electron chi connectivity index (χ3n) is 1.74.